The van der Waals surface area contributed by atoms with Crippen LogP contribution in [0.2, 0.25) is 0 Å². The molecule has 7 aromatic carbocycles. The zero-order valence-electron chi connectivity index (χ0n) is 35.8. The Morgan fingerprint density at radius 1 is 0.542 bits per heavy atom. The van der Waals surface area contributed by atoms with Gasteiger partial charge in [0.1, 0.15) is 0 Å². The minimum absolute atomic E-state index is 0.0438. The Morgan fingerprint density at radius 3 is 1.92 bits per heavy atom. The van der Waals surface area contributed by atoms with Gasteiger partial charge in [-0.2, -0.15) is 0 Å². The Labute approximate surface area is 354 Å². The maximum absolute atomic E-state index is 2.66. The minimum atomic E-state index is 0.0438. The molecule has 0 atom stereocenters. The number of hydrogen-bond acceptors (Lipinski definition) is 3. The highest BCUT2D eigenvalue weighted by molar-refractivity contribution is 7.26. The van der Waals surface area contributed by atoms with Crippen molar-refractivity contribution >= 4 is 88.7 Å². The van der Waals surface area contributed by atoms with E-state index in [1.54, 1.807) is 0 Å². The molecule has 2 aliphatic heterocycles. The second-order valence-electron chi connectivity index (χ2n) is 19.9. The van der Waals surface area contributed by atoms with Gasteiger partial charge < -0.3 is 9.80 Å². The highest BCUT2D eigenvalue weighted by atomic mass is 32.1. The van der Waals surface area contributed by atoms with Crippen molar-refractivity contribution in [2.24, 2.45) is 0 Å². The van der Waals surface area contributed by atoms with Crippen LogP contribution in [-0.2, 0) is 16.2 Å². The van der Waals surface area contributed by atoms with Crippen LogP contribution in [0.3, 0.4) is 0 Å². The van der Waals surface area contributed by atoms with Crippen molar-refractivity contribution < 1.29 is 0 Å². The predicted octanol–water partition coefficient (Wildman–Crippen LogP) is 13.7. The van der Waals surface area contributed by atoms with Crippen LogP contribution in [0.25, 0.3) is 31.3 Å². The van der Waals surface area contributed by atoms with E-state index in [9.17, 15) is 0 Å². The molecule has 3 heterocycles. The average Bonchev–Trinajstić information content (AvgIpc) is 3.67. The summed E-state index contributed by atoms with van der Waals surface area (Å²) in [5.41, 5.74) is 21.3. The van der Waals surface area contributed by atoms with Gasteiger partial charge in [-0.25, -0.2) is 0 Å². The van der Waals surface area contributed by atoms with E-state index in [4.69, 9.17) is 0 Å². The third kappa shape index (κ3) is 5.38. The first-order valence-corrected chi connectivity index (χ1v) is 22.2. The molecule has 0 fully saturated rings. The van der Waals surface area contributed by atoms with E-state index in [0.717, 1.165) is 6.42 Å². The monoisotopic (exact) mass is 782 g/mol. The second kappa shape index (κ2) is 12.5. The normalized spacial score (nSPS) is 16.0. The van der Waals surface area contributed by atoms with E-state index in [0.29, 0.717) is 0 Å². The molecule has 0 radical (unpaired) electrons. The molecule has 0 saturated heterocycles. The first-order valence-electron chi connectivity index (χ1n) is 21.3. The molecule has 1 aromatic heterocycles. The molecule has 1 aliphatic carbocycles. The van der Waals surface area contributed by atoms with Crippen molar-refractivity contribution in [3.63, 3.8) is 0 Å². The zero-order chi connectivity index (χ0) is 40.7. The Bertz CT molecular complexity index is 3050. The van der Waals surface area contributed by atoms with Gasteiger partial charge in [0.15, 0.2) is 0 Å². The van der Waals surface area contributed by atoms with Gasteiger partial charge in [0.25, 0.3) is 6.71 Å². The summed E-state index contributed by atoms with van der Waals surface area (Å²) in [6, 6.07) is 51.4. The number of hydrogen-bond donors (Lipinski definition) is 0. The van der Waals surface area contributed by atoms with Gasteiger partial charge in [-0.1, -0.05) is 139 Å². The average molecular weight is 783 g/mol. The van der Waals surface area contributed by atoms with E-state index < -0.39 is 0 Å². The van der Waals surface area contributed by atoms with Crippen LogP contribution in [0, 0.1) is 13.8 Å². The lowest BCUT2D eigenvalue weighted by Gasteiger charge is -2.45. The summed E-state index contributed by atoms with van der Waals surface area (Å²) >= 11 is 1.92. The first kappa shape index (κ1) is 36.5. The minimum Gasteiger partial charge on any atom is -0.311 e. The van der Waals surface area contributed by atoms with Crippen molar-refractivity contribution in [2.75, 3.05) is 9.80 Å². The van der Waals surface area contributed by atoms with Crippen LogP contribution in [-0.4, -0.2) is 6.71 Å². The fraction of sp³-hybridized carbons (Fsp3) is 0.236. The van der Waals surface area contributed by atoms with Crippen molar-refractivity contribution in [3.8, 4) is 11.1 Å². The summed E-state index contributed by atoms with van der Waals surface area (Å²) < 4.78 is 2.66. The summed E-state index contributed by atoms with van der Waals surface area (Å²) in [4.78, 5) is 5.26. The van der Waals surface area contributed by atoms with Crippen LogP contribution in [0.5, 0.6) is 0 Å². The summed E-state index contributed by atoms with van der Waals surface area (Å²) in [6.07, 6.45) is 1.12. The van der Waals surface area contributed by atoms with E-state index in [2.05, 4.69) is 206 Å². The van der Waals surface area contributed by atoms with Crippen LogP contribution >= 0.6 is 11.3 Å². The largest absolute Gasteiger partial charge is 0.311 e. The highest BCUT2D eigenvalue weighted by Gasteiger charge is 2.48. The van der Waals surface area contributed by atoms with E-state index >= 15 is 0 Å². The lowest BCUT2D eigenvalue weighted by atomic mass is 9.33. The quantitative estimate of drug-likeness (QED) is 0.165. The first-order chi connectivity index (χ1) is 28.2. The molecule has 2 nitrogen and oxygen atoms in total. The van der Waals surface area contributed by atoms with Gasteiger partial charge in [0, 0.05) is 43.9 Å². The third-order valence-electron chi connectivity index (χ3n) is 13.7. The van der Waals surface area contributed by atoms with Crippen molar-refractivity contribution in [2.45, 2.75) is 85.0 Å². The van der Waals surface area contributed by atoms with E-state index in [1.165, 1.54) is 110 Å². The molecule has 59 heavy (non-hydrogen) atoms. The standard InChI is InChI=1S/C55H51BN2S/c1-33-26-48-51-49(27-33)58(46-20-15-19-39-38-18-13-14-21-50(38)59-52(39)46)47-31-41-40(54(6,7)32-55(41,8)9)30-43(47)56(51)42-29-36(35-16-11-10-12-17-35)22-24-45(42)57(48)44-25-23-37(28-34(44)2)53(3,4)5/h10-31H,32H2,1-9H3. The molecule has 0 amide bonds. The highest BCUT2D eigenvalue weighted by Crippen LogP contribution is 2.54. The number of rotatable bonds is 3. The SMILES string of the molecule is Cc1cc2c3c(c1)N(c1cccc4c1sc1ccccc14)c1cc4c(cc1B3c1cc(-c3ccccc3)ccc1N2c1ccc(C(C)(C)C)cc1C)C(C)(C)CC4(C)C. The lowest BCUT2D eigenvalue weighted by molar-refractivity contribution is 0.403. The maximum Gasteiger partial charge on any atom is 0.252 e. The van der Waals surface area contributed by atoms with Crippen LogP contribution in [0.1, 0.15) is 82.7 Å². The molecule has 0 spiro atoms. The number of anilines is 6. The molecule has 8 aromatic rings. The van der Waals surface area contributed by atoms with Gasteiger partial charge in [0.05, 0.1) is 10.4 Å². The maximum atomic E-state index is 2.66. The van der Waals surface area contributed by atoms with Gasteiger partial charge in [-0.05, 0) is 134 Å². The van der Waals surface area contributed by atoms with Gasteiger partial charge >= 0.3 is 0 Å². The summed E-state index contributed by atoms with van der Waals surface area (Å²) in [7, 11) is 0. The molecule has 4 heteroatoms. The number of fused-ring (bicyclic) bond motifs is 8. The van der Waals surface area contributed by atoms with Crippen molar-refractivity contribution in [3.05, 3.63) is 161 Å². The zero-order valence-corrected chi connectivity index (χ0v) is 36.6. The summed E-state index contributed by atoms with van der Waals surface area (Å²) in [5.74, 6) is 0. The van der Waals surface area contributed by atoms with Crippen LogP contribution in [0.4, 0.5) is 34.1 Å². The predicted molar refractivity (Wildman–Crippen MR) is 258 cm³/mol. The Hall–Kier alpha value is -5.58. The van der Waals surface area contributed by atoms with Gasteiger partial charge in [0.2, 0.25) is 0 Å². The summed E-state index contributed by atoms with van der Waals surface area (Å²) in [5, 5.41) is 2.65. The molecule has 290 valence electrons. The molecule has 3 aliphatic rings. The van der Waals surface area contributed by atoms with Crippen molar-refractivity contribution in [1.29, 1.82) is 0 Å². The molecular weight excluding hydrogens is 731 g/mol. The number of aryl methyl sites for hydroxylation is 2. The molecule has 11 rings (SSSR count). The smallest absolute Gasteiger partial charge is 0.252 e. The van der Waals surface area contributed by atoms with Crippen molar-refractivity contribution in [1.82, 2.24) is 0 Å². The molecule has 0 saturated carbocycles. The van der Waals surface area contributed by atoms with Crippen LogP contribution < -0.4 is 26.2 Å². The lowest BCUT2D eigenvalue weighted by Crippen LogP contribution is -2.61. The fourth-order valence-electron chi connectivity index (χ4n) is 11.2. The Balaban J connectivity index is 1.27. The van der Waals surface area contributed by atoms with Gasteiger partial charge in [-0.15, -0.1) is 11.3 Å². The van der Waals surface area contributed by atoms with Gasteiger partial charge in [-0.3, -0.25) is 0 Å². The van der Waals surface area contributed by atoms with E-state index in [-0.39, 0.29) is 23.0 Å². The number of nitrogens with zero attached hydrogens (tertiary/aromatic N) is 2. The number of thiophene rings is 1. The Morgan fingerprint density at radius 2 is 1.19 bits per heavy atom. The van der Waals surface area contributed by atoms with E-state index in [1.807, 2.05) is 11.3 Å². The van der Waals surface area contributed by atoms with Crippen LogP contribution in [0.15, 0.2) is 133 Å². The molecule has 0 unspecified atom stereocenters. The molecular formula is C55H51BN2S. The molecule has 0 bridgehead atoms. The second-order valence-corrected chi connectivity index (χ2v) is 20.9. The summed E-state index contributed by atoms with van der Waals surface area (Å²) in [6.45, 7) is 21.4. The molecule has 0 N–H and O–H groups in total. The fourth-order valence-corrected chi connectivity index (χ4v) is 12.4. The Kier molecular flexibility index (Phi) is 7.72. The topological polar surface area (TPSA) is 6.48 Å². The third-order valence-corrected chi connectivity index (χ3v) is 14.9. The number of benzene rings is 7.